The highest BCUT2D eigenvalue weighted by Gasteiger charge is 2.22. The van der Waals surface area contributed by atoms with Crippen molar-refractivity contribution in [3.05, 3.63) is 35.1 Å². The fourth-order valence-electron chi connectivity index (χ4n) is 2.10. The van der Waals surface area contributed by atoms with Gasteiger partial charge in [0.1, 0.15) is 5.82 Å². The third kappa shape index (κ3) is 2.36. The maximum atomic E-state index is 13.1. The summed E-state index contributed by atoms with van der Waals surface area (Å²) < 4.78 is 13.1. The monoisotopic (exact) mass is 209 g/mol. The van der Waals surface area contributed by atoms with E-state index in [1.165, 1.54) is 11.6 Å². The van der Waals surface area contributed by atoms with E-state index in [0.29, 0.717) is 6.54 Å². The van der Waals surface area contributed by atoms with E-state index in [2.05, 4.69) is 5.32 Å². The molecule has 15 heavy (non-hydrogen) atoms. The number of hydrogen-bond donors (Lipinski definition) is 2. The van der Waals surface area contributed by atoms with Crippen molar-refractivity contribution in [2.24, 2.45) is 0 Å². The van der Waals surface area contributed by atoms with E-state index in [1.807, 2.05) is 6.07 Å². The minimum atomic E-state index is -0.359. The highest BCUT2D eigenvalue weighted by atomic mass is 19.1. The van der Waals surface area contributed by atoms with E-state index in [1.54, 1.807) is 13.0 Å². The number of aliphatic hydroxyl groups excluding tert-OH is 1. The summed E-state index contributed by atoms with van der Waals surface area (Å²) in [6.45, 7) is 2.30. The number of aryl methyl sites for hydroxylation is 1. The Morgan fingerprint density at radius 3 is 3.13 bits per heavy atom. The van der Waals surface area contributed by atoms with Gasteiger partial charge in [-0.15, -0.1) is 0 Å². The molecule has 0 fully saturated rings. The third-order valence-electron chi connectivity index (χ3n) is 2.85. The first-order valence-corrected chi connectivity index (χ1v) is 5.36. The molecule has 2 atom stereocenters. The first-order valence-electron chi connectivity index (χ1n) is 5.36. The van der Waals surface area contributed by atoms with Crippen LogP contribution in [0.5, 0.6) is 0 Å². The van der Waals surface area contributed by atoms with Gasteiger partial charge in [-0.3, -0.25) is 0 Å². The van der Waals surface area contributed by atoms with Crippen LogP contribution in [-0.2, 0) is 6.42 Å². The van der Waals surface area contributed by atoms with Crippen LogP contribution in [0.3, 0.4) is 0 Å². The van der Waals surface area contributed by atoms with E-state index >= 15 is 0 Å². The zero-order valence-corrected chi connectivity index (χ0v) is 8.83. The number of halogens is 1. The van der Waals surface area contributed by atoms with E-state index in [9.17, 15) is 9.50 Å². The molecule has 0 spiro atoms. The van der Waals surface area contributed by atoms with Gasteiger partial charge in [0, 0.05) is 12.6 Å². The Morgan fingerprint density at radius 2 is 2.40 bits per heavy atom. The molecule has 0 heterocycles. The van der Waals surface area contributed by atoms with E-state index in [-0.39, 0.29) is 18.0 Å². The summed E-state index contributed by atoms with van der Waals surface area (Å²) in [5.74, 6) is -0.181. The van der Waals surface area contributed by atoms with Gasteiger partial charge in [0.25, 0.3) is 0 Å². The molecule has 0 saturated carbocycles. The Kier molecular flexibility index (Phi) is 3.03. The Balaban J connectivity index is 2.10. The molecule has 1 unspecified atom stereocenters. The lowest BCUT2D eigenvalue weighted by Crippen LogP contribution is -2.27. The van der Waals surface area contributed by atoms with Crippen LogP contribution in [0.4, 0.5) is 4.39 Å². The second kappa shape index (κ2) is 4.29. The molecular formula is C12H16FNO. The number of fused-ring (bicyclic) bond motifs is 1. The molecule has 0 aliphatic heterocycles. The van der Waals surface area contributed by atoms with Crippen LogP contribution in [-0.4, -0.2) is 17.8 Å². The van der Waals surface area contributed by atoms with Crippen molar-refractivity contribution < 1.29 is 9.50 Å². The molecule has 0 saturated heterocycles. The van der Waals surface area contributed by atoms with E-state index < -0.39 is 0 Å². The van der Waals surface area contributed by atoms with Gasteiger partial charge >= 0.3 is 0 Å². The zero-order valence-electron chi connectivity index (χ0n) is 8.83. The van der Waals surface area contributed by atoms with Crippen molar-refractivity contribution in [3.63, 3.8) is 0 Å². The third-order valence-corrected chi connectivity index (χ3v) is 2.85. The molecule has 2 nitrogen and oxygen atoms in total. The van der Waals surface area contributed by atoms with Crippen molar-refractivity contribution in [3.8, 4) is 0 Å². The molecule has 1 aromatic rings. The molecule has 0 aromatic heterocycles. The van der Waals surface area contributed by atoms with Gasteiger partial charge in [-0.05, 0) is 43.0 Å². The summed E-state index contributed by atoms with van der Waals surface area (Å²) in [6, 6.07) is 5.16. The van der Waals surface area contributed by atoms with E-state index in [0.717, 1.165) is 18.4 Å². The van der Waals surface area contributed by atoms with Gasteiger partial charge in [-0.2, -0.15) is 0 Å². The van der Waals surface area contributed by atoms with Gasteiger partial charge in [-0.1, -0.05) is 6.07 Å². The molecule has 3 heteroatoms. The van der Waals surface area contributed by atoms with Crippen LogP contribution >= 0.6 is 0 Å². The molecule has 0 amide bonds. The smallest absolute Gasteiger partial charge is 0.123 e. The maximum absolute atomic E-state index is 13.1. The molecule has 82 valence electrons. The summed E-state index contributed by atoms with van der Waals surface area (Å²) in [4.78, 5) is 0. The maximum Gasteiger partial charge on any atom is 0.123 e. The summed E-state index contributed by atoms with van der Waals surface area (Å²) in [6.07, 6.45) is 1.63. The predicted octanol–water partition coefficient (Wildman–Crippen LogP) is 1.78. The second-order valence-electron chi connectivity index (χ2n) is 4.19. The van der Waals surface area contributed by atoms with Crippen LogP contribution < -0.4 is 5.32 Å². The van der Waals surface area contributed by atoms with Crippen LogP contribution in [0.1, 0.15) is 30.5 Å². The van der Waals surface area contributed by atoms with Gasteiger partial charge < -0.3 is 10.4 Å². The largest absolute Gasteiger partial charge is 0.392 e. The molecule has 0 radical (unpaired) electrons. The molecule has 2 N–H and O–H groups in total. The normalized spacial score (nSPS) is 21.4. The Hall–Kier alpha value is -0.930. The number of rotatable bonds is 3. The molecule has 1 aliphatic rings. The second-order valence-corrected chi connectivity index (χ2v) is 4.19. The fraction of sp³-hybridized carbons (Fsp3) is 0.500. The summed E-state index contributed by atoms with van der Waals surface area (Å²) in [5, 5.41) is 12.4. The van der Waals surface area contributed by atoms with Crippen molar-refractivity contribution in [2.75, 3.05) is 6.54 Å². The molecule has 2 rings (SSSR count). The predicted molar refractivity (Wildman–Crippen MR) is 57.1 cm³/mol. The number of aliphatic hydroxyl groups is 1. The Morgan fingerprint density at radius 1 is 1.60 bits per heavy atom. The summed E-state index contributed by atoms with van der Waals surface area (Å²) in [5.41, 5.74) is 2.27. The lowest BCUT2D eigenvalue weighted by atomic mass is 10.1. The van der Waals surface area contributed by atoms with Crippen LogP contribution in [0.2, 0.25) is 0 Å². The average molecular weight is 209 g/mol. The lowest BCUT2D eigenvalue weighted by Gasteiger charge is -2.15. The topological polar surface area (TPSA) is 32.3 Å². The van der Waals surface area contributed by atoms with Crippen molar-refractivity contribution in [1.82, 2.24) is 5.32 Å². The Bertz CT molecular complexity index is 351. The highest BCUT2D eigenvalue weighted by Crippen LogP contribution is 2.31. The lowest BCUT2D eigenvalue weighted by molar-refractivity contribution is 0.186. The minimum absolute atomic E-state index is 0.181. The van der Waals surface area contributed by atoms with Crippen LogP contribution in [0.25, 0.3) is 0 Å². The Labute approximate surface area is 89.1 Å². The quantitative estimate of drug-likeness (QED) is 0.795. The number of nitrogens with one attached hydrogen (secondary N) is 1. The summed E-state index contributed by atoms with van der Waals surface area (Å²) >= 11 is 0. The van der Waals surface area contributed by atoms with Crippen LogP contribution in [0.15, 0.2) is 18.2 Å². The molecule has 1 aromatic carbocycles. The molecule has 1 aliphatic carbocycles. The standard InChI is InChI=1S/C12H16FNO/c1-8(15)7-14-12-5-3-9-2-4-10(13)6-11(9)12/h2,4,6,8,12,14-15H,3,5,7H2,1H3/t8-,12?/m1/s1. The van der Waals surface area contributed by atoms with Crippen molar-refractivity contribution in [2.45, 2.75) is 31.9 Å². The van der Waals surface area contributed by atoms with Gasteiger partial charge in [0.05, 0.1) is 6.10 Å². The number of benzene rings is 1. The highest BCUT2D eigenvalue weighted by molar-refractivity contribution is 5.34. The number of hydrogen-bond acceptors (Lipinski definition) is 2. The average Bonchev–Trinajstić information content (AvgIpc) is 2.57. The van der Waals surface area contributed by atoms with Gasteiger partial charge in [-0.25, -0.2) is 4.39 Å². The van der Waals surface area contributed by atoms with Crippen molar-refractivity contribution >= 4 is 0 Å². The van der Waals surface area contributed by atoms with E-state index in [4.69, 9.17) is 0 Å². The first kappa shape index (κ1) is 10.6. The van der Waals surface area contributed by atoms with Crippen LogP contribution in [0, 0.1) is 5.82 Å². The van der Waals surface area contributed by atoms with Gasteiger partial charge in [0.15, 0.2) is 0 Å². The SMILES string of the molecule is C[C@@H](O)CNC1CCc2ccc(F)cc21. The fourth-order valence-corrected chi connectivity index (χ4v) is 2.10. The molecule has 0 bridgehead atoms. The summed E-state index contributed by atoms with van der Waals surface area (Å²) in [7, 11) is 0. The molecular weight excluding hydrogens is 193 g/mol. The first-order chi connectivity index (χ1) is 7.16. The zero-order chi connectivity index (χ0) is 10.8. The minimum Gasteiger partial charge on any atom is -0.392 e. The van der Waals surface area contributed by atoms with Crippen molar-refractivity contribution in [1.29, 1.82) is 0 Å². The van der Waals surface area contributed by atoms with Gasteiger partial charge in [0.2, 0.25) is 0 Å².